The number of hydrogen-bond acceptors (Lipinski definition) is 2. The van der Waals surface area contributed by atoms with Crippen molar-refractivity contribution in [2.24, 2.45) is 5.92 Å². The number of likely N-dealkylation sites (tertiary alicyclic amines) is 1. The molecule has 1 heterocycles. The van der Waals surface area contributed by atoms with E-state index in [1.807, 2.05) is 72.8 Å². The largest absolute Gasteiger partial charge is 0.338 e. The third kappa shape index (κ3) is 2.84. The molecule has 1 fully saturated rings. The number of benzene rings is 3. The number of hydrogen-bond donors (Lipinski definition) is 1. The second-order valence-electron chi connectivity index (χ2n) is 6.69. The fourth-order valence-corrected chi connectivity index (χ4v) is 3.77. The second-order valence-corrected chi connectivity index (χ2v) is 6.69. The zero-order valence-corrected chi connectivity index (χ0v) is 14.6. The molecule has 0 saturated carbocycles. The summed E-state index contributed by atoms with van der Waals surface area (Å²) in [4.78, 5) is 27.0. The monoisotopic (exact) mass is 344 g/mol. The molecule has 1 saturated heterocycles. The number of anilines is 1. The first-order valence-corrected chi connectivity index (χ1v) is 8.74. The summed E-state index contributed by atoms with van der Waals surface area (Å²) in [5.41, 5.74) is 1.76. The van der Waals surface area contributed by atoms with E-state index in [1.165, 1.54) is 0 Å². The van der Waals surface area contributed by atoms with Crippen LogP contribution in [0.2, 0.25) is 0 Å². The van der Waals surface area contributed by atoms with E-state index in [-0.39, 0.29) is 24.3 Å². The molecule has 4 rings (SSSR count). The number of carbonyl (C=O) groups excluding carboxylic acids is 2. The molecule has 3 aromatic rings. The van der Waals surface area contributed by atoms with E-state index in [1.54, 1.807) is 11.9 Å². The molecular formula is C22H20N2O2. The maximum Gasteiger partial charge on any atom is 0.230 e. The average molecular weight is 344 g/mol. The van der Waals surface area contributed by atoms with Crippen molar-refractivity contribution in [2.75, 3.05) is 12.4 Å². The van der Waals surface area contributed by atoms with Crippen molar-refractivity contribution in [3.05, 3.63) is 78.4 Å². The molecule has 0 radical (unpaired) electrons. The van der Waals surface area contributed by atoms with Gasteiger partial charge in [0.2, 0.25) is 11.8 Å². The highest BCUT2D eigenvalue weighted by Crippen LogP contribution is 2.38. The Labute approximate surface area is 152 Å². The van der Waals surface area contributed by atoms with Gasteiger partial charge < -0.3 is 10.2 Å². The molecule has 0 unspecified atom stereocenters. The second kappa shape index (κ2) is 6.64. The highest BCUT2D eigenvalue weighted by atomic mass is 16.2. The maximum absolute atomic E-state index is 13.0. The van der Waals surface area contributed by atoms with Crippen LogP contribution in [0.15, 0.2) is 72.8 Å². The molecule has 0 aliphatic carbocycles. The van der Waals surface area contributed by atoms with Gasteiger partial charge in [0.25, 0.3) is 0 Å². The topological polar surface area (TPSA) is 49.4 Å². The van der Waals surface area contributed by atoms with Gasteiger partial charge in [-0.15, -0.1) is 0 Å². The van der Waals surface area contributed by atoms with Gasteiger partial charge in [0, 0.05) is 24.5 Å². The molecule has 4 heteroatoms. The van der Waals surface area contributed by atoms with Crippen LogP contribution in [-0.4, -0.2) is 23.8 Å². The molecule has 0 aromatic heterocycles. The van der Waals surface area contributed by atoms with Crippen LogP contribution in [0.1, 0.15) is 18.0 Å². The Bertz CT molecular complexity index is 963. The summed E-state index contributed by atoms with van der Waals surface area (Å²) >= 11 is 0. The van der Waals surface area contributed by atoms with Crippen LogP contribution in [0.5, 0.6) is 0 Å². The maximum atomic E-state index is 13.0. The summed E-state index contributed by atoms with van der Waals surface area (Å²) in [6.07, 6.45) is 0.229. The first kappa shape index (κ1) is 16.3. The lowest BCUT2D eigenvalue weighted by molar-refractivity contribution is -0.127. The molecule has 1 N–H and O–H groups in total. The molecule has 0 bridgehead atoms. The van der Waals surface area contributed by atoms with Crippen molar-refractivity contribution in [3.8, 4) is 0 Å². The first-order chi connectivity index (χ1) is 12.6. The number of amides is 2. The van der Waals surface area contributed by atoms with Crippen LogP contribution >= 0.6 is 0 Å². The molecule has 1 aliphatic rings. The van der Waals surface area contributed by atoms with Crippen LogP contribution in [0.3, 0.4) is 0 Å². The zero-order chi connectivity index (χ0) is 18.1. The Morgan fingerprint density at radius 2 is 1.65 bits per heavy atom. The van der Waals surface area contributed by atoms with Crippen LogP contribution in [-0.2, 0) is 9.59 Å². The van der Waals surface area contributed by atoms with Gasteiger partial charge in [-0.2, -0.15) is 0 Å². The highest BCUT2D eigenvalue weighted by molar-refractivity contribution is 6.04. The van der Waals surface area contributed by atoms with Gasteiger partial charge in [0.1, 0.15) is 0 Å². The fourth-order valence-electron chi connectivity index (χ4n) is 3.77. The Morgan fingerprint density at radius 1 is 0.962 bits per heavy atom. The van der Waals surface area contributed by atoms with Gasteiger partial charge in [-0.1, -0.05) is 66.7 Å². The molecule has 3 aromatic carbocycles. The predicted molar refractivity (Wildman–Crippen MR) is 103 cm³/mol. The molecule has 2 atom stereocenters. The zero-order valence-electron chi connectivity index (χ0n) is 14.6. The van der Waals surface area contributed by atoms with Crippen LogP contribution in [0.25, 0.3) is 10.8 Å². The molecule has 0 spiro atoms. The summed E-state index contributed by atoms with van der Waals surface area (Å²) in [6, 6.07) is 23.3. The van der Waals surface area contributed by atoms with Crippen LogP contribution in [0.4, 0.5) is 5.69 Å². The van der Waals surface area contributed by atoms with E-state index in [2.05, 4.69) is 5.32 Å². The smallest absolute Gasteiger partial charge is 0.230 e. The third-order valence-electron chi connectivity index (χ3n) is 5.11. The predicted octanol–water partition coefficient (Wildman–Crippen LogP) is 4.00. The minimum Gasteiger partial charge on any atom is -0.338 e. The highest BCUT2D eigenvalue weighted by Gasteiger charge is 2.42. The van der Waals surface area contributed by atoms with E-state index in [0.29, 0.717) is 0 Å². The Balaban J connectivity index is 1.65. The van der Waals surface area contributed by atoms with Crippen molar-refractivity contribution in [1.82, 2.24) is 4.90 Å². The lowest BCUT2D eigenvalue weighted by Gasteiger charge is -2.25. The lowest BCUT2D eigenvalue weighted by Crippen LogP contribution is -2.30. The third-order valence-corrected chi connectivity index (χ3v) is 5.11. The van der Waals surface area contributed by atoms with E-state index >= 15 is 0 Å². The van der Waals surface area contributed by atoms with Gasteiger partial charge in [-0.25, -0.2) is 0 Å². The summed E-state index contributed by atoms with van der Waals surface area (Å²) < 4.78 is 0. The molecule has 2 amide bonds. The minimum atomic E-state index is -0.408. The van der Waals surface area contributed by atoms with Crippen molar-refractivity contribution < 1.29 is 9.59 Å². The number of nitrogens with zero attached hydrogens (tertiary/aromatic N) is 1. The average Bonchev–Trinajstić information content (AvgIpc) is 2.98. The molecule has 1 aliphatic heterocycles. The standard InChI is InChI=1S/C22H20N2O2/c1-24-20(25)14-18(21(24)16-9-3-2-4-10-16)22(26)23-19-13-7-11-15-8-5-6-12-17(15)19/h2-13,18,21H,14H2,1H3,(H,23,26)/t18-,21+/m1/s1. The van der Waals surface area contributed by atoms with Gasteiger partial charge in [0.15, 0.2) is 0 Å². The number of rotatable bonds is 3. The molecule has 26 heavy (non-hydrogen) atoms. The van der Waals surface area contributed by atoms with Crippen molar-refractivity contribution >= 4 is 28.3 Å². The first-order valence-electron chi connectivity index (χ1n) is 8.74. The van der Waals surface area contributed by atoms with E-state index in [9.17, 15) is 9.59 Å². The molecule has 4 nitrogen and oxygen atoms in total. The Kier molecular flexibility index (Phi) is 4.17. The van der Waals surface area contributed by atoms with Crippen molar-refractivity contribution in [3.63, 3.8) is 0 Å². The summed E-state index contributed by atoms with van der Waals surface area (Å²) in [7, 11) is 1.77. The van der Waals surface area contributed by atoms with Crippen LogP contribution in [0, 0.1) is 5.92 Å². The number of carbonyl (C=O) groups is 2. The summed E-state index contributed by atoms with van der Waals surface area (Å²) in [5.74, 6) is -0.529. The quantitative estimate of drug-likeness (QED) is 0.781. The van der Waals surface area contributed by atoms with E-state index in [0.717, 1.165) is 22.0 Å². The minimum absolute atomic E-state index is 0.00285. The van der Waals surface area contributed by atoms with Gasteiger partial charge >= 0.3 is 0 Å². The molecule has 130 valence electrons. The normalized spacial score (nSPS) is 19.7. The van der Waals surface area contributed by atoms with E-state index < -0.39 is 5.92 Å². The fraction of sp³-hybridized carbons (Fsp3) is 0.182. The summed E-state index contributed by atoms with van der Waals surface area (Å²) in [6.45, 7) is 0. The Morgan fingerprint density at radius 3 is 2.46 bits per heavy atom. The SMILES string of the molecule is CN1C(=O)C[C@@H](C(=O)Nc2cccc3ccccc23)[C@@H]1c1ccccc1. The Hall–Kier alpha value is -3.14. The van der Waals surface area contributed by atoms with Gasteiger partial charge in [-0.05, 0) is 17.0 Å². The van der Waals surface area contributed by atoms with Crippen molar-refractivity contribution in [1.29, 1.82) is 0 Å². The number of nitrogens with one attached hydrogen (secondary N) is 1. The summed E-state index contributed by atoms with van der Waals surface area (Å²) in [5, 5.41) is 5.12. The number of fused-ring (bicyclic) bond motifs is 1. The van der Waals surface area contributed by atoms with Crippen molar-refractivity contribution in [2.45, 2.75) is 12.5 Å². The van der Waals surface area contributed by atoms with E-state index in [4.69, 9.17) is 0 Å². The van der Waals surface area contributed by atoms with Gasteiger partial charge in [-0.3, -0.25) is 9.59 Å². The molecular weight excluding hydrogens is 324 g/mol. The lowest BCUT2D eigenvalue weighted by atomic mass is 9.92. The van der Waals surface area contributed by atoms with Crippen LogP contribution < -0.4 is 5.32 Å². The van der Waals surface area contributed by atoms with Gasteiger partial charge in [0.05, 0.1) is 12.0 Å².